The number of rotatable bonds is 6. The number of carbonyl (C=O) groups is 2. The summed E-state index contributed by atoms with van der Waals surface area (Å²) in [6, 6.07) is 20.1. The third-order valence-corrected chi connectivity index (χ3v) is 5.54. The second-order valence-corrected chi connectivity index (χ2v) is 7.82. The number of nitrogens with zero attached hydrogens (tertiary/aromatic N) is 1. The molecule has 7 heteroatoms. The number of anilines is 1. The fourth-order valence-electron chi connectivity index (χ4n) is 2.91. The largest absolute Gasteiger partial charge is 0.484 e. The van der Waals surface area contributed by atoms with E-state index in [0.717, 1.165) is 20.8 Å². The first-order chi connectivity index (χ1) is 14.5. The van der Waals surface area contributed by atoms with Gasteiger partial charge in [-0.1, -0.05) is 6.07 Å². The lowest BCUT2D eigenvalue weighted by Crippen LogP contribution is -2.20. The number of hydrogen-bond acceptors (Lipinski definition) is 5. The first kappa shape index (κ1) is 19.6. The highest BCUT2D eigenvalue weighted by molar-refractivity contribution is 7.21. The topological polar surface area (TPSA) is 94.3 Å². The maximum absolute atomic E-state index is 12.1. The van der Waals surface area contributed by atoms with E-state index < -0.39 is 5.91 Å². The van der Waals surface area contributed by atoms with Gasteiger partial charge in [0.05, 0.1) is 10.2 Å². The second kappa shape index (κ2) is 8.34. The molecule has 0 radical (unpaired) electrons. The van der Waals surface area contributed by atoms with Crippen LogP contribution in [0.1, 0.15) is 15.9 Å². The highest BCUT2D eigenvalue weighted by Crippen LogP contribution is 2.31. The van der Waals surface area contributed by atoms with Crippen molar-refractivity contribution >= 4 is 39.1 Å². The molecule has 4 aromatic rings. The van der Waals surface area contributed by atoms with Crippen LogP contribution in [0.3, 0.4) is 0 Å². The molecule has 0 aliphatic heterocycles. The molecule has 30 heavy (non-hydrogen) atoms. The summed E-state index contributed by atoms with van der Waals surface area (Å²) >= 11 is 1.65. The minimum Gasteiger partial charge on any atom is -0.484 e. The summed E-state index contributed by atoms with van der Waals surface area (Å²) in [5, 5.41) is 3.74. The van der Waals surface area contributed by atoms with Gasteiger partial charge in [0.2, 0.25) is 5.91 Å². The molecule has 6 nitrogen and oxygen atoms in total. The summed E-state index contributed by atoms with van der Waals surface area (Å²) in [6.07, 6.45) is 0. The molecule has 1 aromatic heterocycles. The van der Waals surface area contributed by atoms with Crippen molar-refractivity contribution in [3.63, 3.8) is 0 Å². The van der Waals surface area contributed by atoms with Gasteiger partial charge in [-0.3, -0.25) is 9.59 Å². The van der Waals surface area contributed by atoms with Crippen molar-refractivity contribution in [3.8, 4) is 16.3 Å². The number of hydrogen-bond donors (Lipinski definition) is 2. The number of aryl methyl sites for hydroxylation is 1. The van der Waals surface area contributed by atoms with Crippen molar-refractivity contribution in [2.24, 2.45) is 5.73 Å². The maximum atomic E-state index is 12.1. The second-order valence-electron chi connectivity index (χ2n) is 6.79. The number of carbonyl (C=O) groups excluding carboxylic acids is 2. The summed E-state index contributed by atoms with van der Waals surface area (Å²) in [6.45, 7) is 1.92. The van der Waals surface area contributed by atoms with E-state index in [0.29, 0.717) is 17.0 Å². The van der Waals surface area contributed by atoms with Gasteiger partial charge in [-0.25, -0.2) is 4.98 Å². The number of nitrogens with one attached hydrogen (secondary N) is 1. The summed E-state index contributed by atoms with van der Waals surface area (Å²) in [5.41, 5.74) is 9.45. The van der Waals surface area contributed by atoms with Crippen molar-refractivity contribution in [2.75, 3.05) is 11.9 Å². The molecule has 0 fully saturated rings. The number of aromatic nitrogens is 1. The van der Waals surface area contributed by atoms with Crippen LogP contribution in [0.5, 0.6) is 5.75 Å². The van der Waals surface area contributed by atoms with Gasteiger partial charge < -0.3 is 15.8 Å². The van der Waals surface area contributed by atoms with Gasteiger partial charge in [0.1, 0.15) is 10.8 Å². The first-order valence-corrected chi connectivity index (χ1v) is 10.1. The van der Waals surface area contributed by atoms with Crippen molar-refractivity contribution in [3.05, 3.63) is 77.9 Å². The number of nitrogens with two attached hydrogens (primary N) is 1. The molecule has 0 bridgehead atoms. The van der Waals surface area contributed by atoms with Crippen LogP contribution in [0.15, 0.2) is 66.7 Å². The molecule has 0 saturated carbocycles. The summed E-state index contributed by atoms with van der Waals surface area (Å²) in [5.74, 6) is -0.308. The predicted octanol–water partition coefficient (Wildman–Crippen LogP) is 4.39. The first-order valence-electron chi connectivity index (χ1n) is 9.28. The molecular weight excluding hydrogens is 398 g/mol. The zero-order valence-corrected chi connectivity index (χ0v) is 17.0. The Balaban J connectivity index is 1.36. The third-order valence-electron chi connectivity index (χ3n) is 4.47. The van der Waals surface area contributed by atoms with E-state index in [-0.39, 0.29) is 12.5 Å². The van der Waals surface area contributed by atoms with Crippen molar-refractivity contribution in [2.45, 2.75) is 6.92 Å². The molecule has 0 spiro atoms. The molecule has 0 atom stereocenters. The van der Waals surface area contributed by atoms with Crippen LogP contribution < -0.4 is 15.8 Å². The number of fused-ring (bicyclic) bond motifs is 1. The van der Waals surface area contributed by atoms with E-state index in [2.05, 4.69) is 29.4 Å². The number of ether oxygens (including phenoxy) is 1. The standard InChI is InChI=1S/C23H19N3O3S/c1-14-2-11-19-20(12-14)30-23(26-19)16-3-7-17(8-4-16)25-21(27)13-29-18-9-5-15(6-10-18)22(24)28/h2-12H,13H2,1H3,(H2,24,28)(H,25,27). The van der Waals surface area contributed by atoms with Crippen LogP contribution in [0.2, 0.25) is 0 Å². The maximum Gasteiger partial charge on any atom is 0.262 e. The van der Waals surface area contributed by atoms with Crippen molar-refractivity contribution in [1.29, 1.82) is 0 Å². The normalized spacial score (nSPS) is 10.7. The van der Waals surface area contributed by atoms with Gasteiger partial charge in [-0.05, 0) is 73.2 Å². The van der Waals surface area contributed by atoms with E-state index in [4.69, 9.17) is 10.5 Å². The summed E-state index contributed by atoms with van der Waals surface area (Å²) in [7, 11) is 0. The average molecular weight is 417 g/mol. The van der Waals surface area contributed by atoms with Crippen molar-refractivity contribution < 1.29 is 14.3 Å². The Morgan fingerprint density at radius 3 is 2.47 bits per heavy atom. The zero-order valence-electron chi connectivity index (χ0n) is 16.2. The van der Waals surface area contributed by atoms with Gasteiger partial charge in [0.15, 0.2) is 6.61 Å². The monoisotopic (exact) mass is 417 g/mol. The van der Waals surface area contributed by atoms with Crippen LogP contribution in [0.4, 0.5) is 5.69 Å². The quantitative estimate of drug-likeness (QED) is 0.486. The average Bonchev–Trinajstić information content (AvgIpc) is 3.16. The Bertz CT molecular complexity index is 1210. The molecule has 0 saturated heterocycles. The van der Waals surface area contributed by atoms with E-state index in [1.807, 2.05) is 30.3 Å². The number of primary amides is 1. The SMILES string of the molecule is Cc1ccc2nc(-c3ccc(NC(=O)COc4ccc(C(N)=O)cc4)cc3)sc2c1. The Morgan fingerprint density at radius 1 is 1.03 bits per heavy atom. The minimum atomic E-state index is -0.510. The van der Waals surface area contributed by atoms with E-state index in [1.165, 1.54) is 5.56 Å². The lowest BCUT2D eigenvalue weighted by molar-refractivity contribution is -0.118. The summed E-state index contributed by atoms with van der Waals surface area (Å²) < 4.78 is 6.59. The Morgan fingerprint density at radius 2 is 1.77 bits per heavy atom. The minimum absolute atomic E-state index is 0.144. The molecule has 1 heterocycles. The molecular formula is C23H19N3O3S. The van der Waals surface area contributed by atoms with Gasteiger partial charge in [-0.15, -0.1) is 11.3 Å². The van der Waals surface area contributed by atoms with Crippen LogP contribution in [-0.2, 0) is 4.79 Å². The smallest absolute Gasteiger partial charge is 0.262 e. The van der Waals surface area contributed by atoms with Crippen LogP contribution >= 0.6 is 11.3 Å². The van der Waals surface area contributed by atoms with Gasteiger partial charge >= 0.3 is 0 Å². The Labute approximate surface area is 177 Å². The molecule has 4 rings (SSSR count). The van der Waals surface area contributed by atoms with E-state index >= 15 is 0 Å². The Kier molecular flexibility index (Phi) is 5.45. The fraction of sp³-hybridized carbons (Fsp3) is 0.0870. The van der Waals surface area contributed by atoms with Gasteiger partial charge in [0, 0.05) is 16.8 Å². The van der Waals surface area contributed by atoms with Crippen LogP contribution in [0.25, 0.3) is 20.8 Å². The Hall–Kier alpha value is -3.71. The lowest BCUT2D eigenvalue weighted by Gasteiger charge is -2.08. The molecule has 3 N–H and O–H groups in total. The van der Waals surface area contributed by atoms with Crippen LogP contribution in [0, 0.1) is 6.92 Å². The highest BCUT2D eigenvalue weighted by atomic mass is 32.1. The van der Waals surface area contributed by atoms with Crippen molar-refractivity contribution in [1.82, 2.24) is 4.98 Å². The summed E-state index contributed by atoms with van der Waals surface area (Å²) in [4.78, 5) is 27.9. The van der Waals surface area contributed by atoms with E-state index in [9.17, 15) is 9.59 Å². The van der Waals surface area contributed by atoms with E-state index in [1.54, 1.807) is 35.6 Å². The molecule has 150 valence electrons. The number of thiazole rings is 1. The molecule has 0 aliphatic carbocycles. The molecule has 0 aliphatic rings. The van der Waals surface area contributed by atoms with Gasteiger partial charge in [-0.2, -0.15) is 0 Å². The number of benzene rings is 3. The van der Waals surface area contributed by atoms with Gasteiger partial charge in [0.25, 0.3) is 5.91 Å². The third kappa shape index (κ3) is 4.47. The lowest BCUT2D eigenvalue weighted by atomic mass is 10.2. The molecule has 2 amide bonds. The highest BCUT2D eigenvalue weighted by Gasteiger charge is 2.08. The fourth-order valence-corrected chi connectivity index (χ4v) is 3.98. The molecule has 3 aromatic carbocycles. The molecule has 0 unspecified atom stereocenters. The predicted molar refractivity (Wildman–Crippen MR) is 119 cm³/mol. The zero-order chi connectivity index (χ0) is 21.1. The van der Waals surface area contributed by atoms with Crippen LogP contribution in [-0.4, -0.2) is 23.4 Å². The number of amides is 2.